The number of aryl methyl sites for hydroxylation is 1. The molecule has 2 atom stereocenters. The number of rotatable bonds is 5. The molecule has 1 aliphatic heterocycles. The van der Waals surface area contributed by atoms with Gasteiger partial charge in [-0.1, -0.05) is 6.92 Å². The second-order valence-electron chi connectivity index (χ2n) is 4.99. The standard InChI is InChI=1S/C12H21N3O2S/c1-3-13-11(12-4-6-14-15(12)2)8-10-5-7-18(16,17)9-10/h4,6,10-11,13H,3,5,7-9H2,1-2H3. The van der Waals surface area contributed by atoms with E-state index < -0.39 is 9.84 Å². The Morgan fingerprint density at radius 2 is 2.39 bits per heavy atom. The van der Waals surface area contributed by atoms with Crippen LogP contribution >= 0.6 is 0 Å². The molecule has 2 rings (SSSR count). The molecule has 1 saturated heterocycles. The van der Waals surface area contributed by atoms with Crippen LogP contribution in [0.1, 0.15) is 31.5 Å². The van der Waals surface area contributed by atoms with Gasteiger partial charge in [-0.15, -0.1) is 0 Å². The Hall–Kier alpha value is -0.880. The second-order valence-corrected chi connectivity index (χ2v) is 7.22. The maximum absolute atomic E-state index is 11.5. The highest BCUT2D eigenvalue weighted by molar-refractivity contribution is 7.91. The van der Waals surface area contributed by atoms with E-state index in [-0.39, 0.29) is 12.0 Å². The van der Waals surface area contributed by atoms with E-state index >= 15 is 0 Å². The van der Waals surface area contributed by atoms with Gasteiger partial charge in [0.05, 0.1) is 17.2 Å². The van der Waals surface area contributed by atoms with Gasteiger partial charge in [-0.3, -0.25) is 4.68 Å². The fraction of sp³-hybridized carbons (Fsp3) is 0.750. The molecule has 0 saturated carbocycles. The van der Waals surface area contributed by atoms with Crippen LogP contribution < -0.4 is 5.32 Å². The van der Waals surface area contributed by atoms with Crippen molar-refractivity contribution >= 4 is 9.84 Å². The molecule has 1 aliphatic rings. The topological polar surface area (TPSA) is 64.0 Å². The van der Waals surface area contributed by atoms with Gasteiger partial charge in [0.15, 0.2) is 9.84 Å². The Bertz CT molecular complexity index is 495. The van der Waals surface area contributed by atoms with Crippen LogP contribution in [0.15, 0.2) is 12.3 Å². The molecule has 1 fully saturated rings. The average Bonchev–Trinajstić information content (AvgIpc) is 2.84. The lowest BCUT2D eigenvalue weighted by Gasteiger charge is -2.21. The van der Waals surface area contributed by atoms with Gasteiger partial charge in [-0.25, -0.2) is 8.42 Å². The number of aromatic nitrogens is 2. The molecule has 2 heterocycles. The molecule has 1 N–H and O–H groups in total. The van der Waals surface area contributed by atoms with E-state index in [4.69, 9.17) is 0 Å². The number of nitrogens with zero attached hydrogens (tertiary/aromatic N) is 2. The minimum Gasteiger partial charge on any atom is -0.309 e. The molecule has 5 nitrogen and oxygen atoms in total. The summed E-state index contributed by atoms with van der Waals surface area (Å²) in [5.41, 5.74) is 1.13. The summed E-state index contributed by atoms with van der Waals surface area (Å²) < 4.78 is 24.8. The van der Waals surface area contributed by atoms with E-state index in [2.05, 4.69) is 17.3 Å². The first-order chi connectivity index (χ1) is 8.52. The van der Waals surface area contributed by atoms with Crippen molar-refractivity contribution in [3.05, 3.63) is 18.0 Å². The number of hydrogen-bond acceptors (Lipinski definition) is 4. The molecular formula is C12H21N3O2S. The maximum atomic E-state index is 11.5. The zero-order valence-electron chi connectivity index (χ0n) is 11.0. The Morgan fingerprint density at radius 3 is 2.89 bits per heavy atom. The van der Waals surface area contributed by atoms with Crippen LogP contribution in [0.25, 0.3) is 0 Å². The number of nitrogens with one attached hydrogen (secondary N) is 1. The Kier molecular flexibility index (Phi) is 4.07. The molecule has 0 aliphatic carbocycles. The first-order valence-corrected chi connectivity index (χ1v) is 8.25. The van der Waals surface area contributed by atoms with E-state index in [1.807, 2.05) is 17.8 Å². The lowest BCUT2D eigenvalue weighted by Crippen LogP contribution is -2.26. The van der Waals surface area contributed by atoms with Crippen LogP contribution in [0.4, 0.5) is 0 Å². The lowest BCUT2D eigenvalue weighted by atomic mass is 9.97. The minimum atomic E-state index is -2.79. The Balaban J connectivity index is 2.06. The normalized spacial score (nSPS) is 24.2. The van der Waals surface area contributed by atoms with Crippen LogP contribution in [-0.4, -0.2) is 36.2 Å². The van der Waals surface area contributed by atoms with Gasteiger partial charge in [0, 0.05) is 19.3 Å². The smallest absolute Gasteiger partial charge is 0.150 e. The summed E-state index contributed by atoms with van der Waals surface area (Å²) in [6.07, 6.45) is 3.44. The van der Waals surface area contributed by atoms with Crippen molar-refractivity contribution in [1.82, 2.24) is 15.1 Å². The Morgan fingerprint density at radius 1 is 1.61 bits per heavy atom. The predicted octanol–water partition coefficient (Wildman–Crippen LogP) is 0.895. The maximum Gasteiger partial charge on any atom is 0.150 e. The highest BCUT2D eigenvalue weighted by atomic mass is 32.2. The zero-order valence-corrected chi connectivity index (χ0v) is 11.8. The summed E-state index contributed by atoms with van der Waals surface area (Å²) in [4.78, 5) is 0. The average molecular weight is 271 g/mol. The summed E-state index contributed by atoms with van der Waals surface area (Å²) in [6, 6.07) is 2.19. The zero-order chi connectivity index (χ0) is 13.2. The van der Waals surface area contributed by atoms with Crippen molar-refractivity contribution in [2.75, 3.05) is 18.1 Å². The van der Waals surface area contributed by atoms with Crippen molar-refractivity contribution in [3.8, 4) is 0 Å². The monoisotopic (exact) mass is 271 g/mol. The Labute approximate surface area is 108 Å². The third-order valence-corrected chi connectivity index (χ3v) is 5.40. The van der Waals surface area contributed by atoms with Crippen LogP contribution in [0.5, 0.6) is 0 Å². The minimum absolute atomic E-state index is 0.195. The molecule has 0 bridgehead atoms. The van der Waals surface area contributed by atoms with Gasteiger partial charge in [0.2, 0.25) is 0 Å². The summed E-state index contributed by atoms with van der Waals surface area (Å²) in [5, 5.41) is 7.61. The molecule has 0 spiro atoms. The highest BCUT2D eigenvalue weighted by Crippen LogP contribution is 2.28. The molecule has 0 radical (unpaired) electrons. The van der Waals surface area contributed by atoms with Gasteiger partial charge < -0.3 is 5.32 Å². The van der Waals surface area contributed by atoms with Crippen molar-refractivity contribution in [1.29, 1.82) is 0 Å². The fourth-order valence-corrected chi connectivity index (χ4v) is 4.55. The van der Waals surface area contributed by atoms with Gasteiger partial charge in [0.25, 0.3) is 0 Å². The molecule has 2 unspecified atom stereocenters. The van der Waals surface area contributed by atoms with Gasteiger partial charge in [0.1, 0.15) is 0 Å². The van der Waals surface area contributed by atoms with Crippen LogP contribution in [0, 0.1) is 5.92 Å². The van der Waals surface area contributed by atoms with Crippen molar-refractivity contribution in [2.45, 2.75) is 25.8 Å². The summed E-state index contributed by atoms with van der Waals surface area (Å²) in [6.45, 7) is 2.93. The number of hydrogen-bond donors (Lipinski definition) is 1. The van der Waals surface area contributed by atoms with Crippen molar-refractivity contribution < 1.29 is 8.42 Å². The largest absolute Gasteiger partial charge is 0.309 e. The van der Waals surface area contributed by atoms with E-state index in [0.717, 1.165) is 25.1 Å². The molecular weight excluding hydrogens is 250 g/mol. The predicted molar refractivity (Wildman–Crippen MR) is 71.0 cm³/mol. The van der Waals surface area contributed by atoms with Crippen molar-refractivity contribution in [3.63, 3.8) is 0 Å². The lowest BCUT2D eigenvalue weighted by molar-refractivity contribution is 0.404. The first kappa shape index (κ1) is 13.5. The molecule has 1 aromatic heterocycles. The SMILES string of the molecule is CCNC(CC1CCS(=O)(=O)C1)c1ccnn1C. The van der Waals surface area contributed by atoms with E-state index in [9.17, 15) is 8.42 Å². The highest BCUT2D eigenvalue weighted by Gasteiger charge is 2.30. The van der Waals surface area contributed by atoms with Crippen LogP contribution in [-0.2, 0) is 16.9 Å². The van der Waals surface area contributed by atoms with E-state index in [0.29, 0.717) is 11.5 Å². The quantitative estimate of drug-likeness (QED) is 0.864. The summed E-state index contributed by atoms with van der Waals surface area (Å²) in [7, 11) is -0.863. The van der Waals surface area contributed by atoms with Crippen molar-refractivity contribution in [2.24, 2.45) is 13.0 Å². The van der Waals surface area contributed by atoms with Gasteiger partial charge in [-0.2, -0.15) is 5.10 Å². The van der Waals surface area contributed by atoms with Gasteiger partial charge in [-0.05, 0) is 31.4 Å². The van der Waals surface area contributed by atoms with Gasteiger partial charge >= 0.3 is 0 Å². The molecule has 1 aromatic rings. The molecule has 6 heteroatoms. The first-order valence-electron chi connectivity index (χ1n) is 6.43. The fourth-order valence-electron chi connectivity index (χ4n) is 2.67. The van der Waals surface area contributed by atoms with Crippen LogP contribution in [0.2, 0.25) is 0 Å². The van der Waals surface area contributed by atoms with E-state index in [1.54, 1.807) is 6.20 Å². The molecule has 18 heavy (non-hydrogen) atoms. The number of sulfone groups is 1. The third kappa shape index (κ3) is 3.11. The molecule has 0 aromatic carbocycles. The third-order valence-electron chi connectivity index (χ3n) is 3.56. The molecule has 0 amide bonds. The summed E-state index contributed by atoms with van der Waals surface area (Å²) >= 11 is 0. The molecule has 102 valence electrons. The van der Waals surface area contributed by atoms with Crippen LogP contribution in [0.3, 0.4) is 0 Å². The van der Waals surface area contributed by atoms with E-state index in [1.165, 1.54) is 0 Å². The second kappa shape index (κ2) is 5.40. The summed E-state index contributed by atoms with van der Waals surface area (Å²) in [5.74, 6) is 0.961.